The first-order chi connectivity index (χ1) is 6.68. The molecule has 14 heavy (non-hydrogen) atoms. The highest BCUT2D eigenvalue weighted by atomic mass is 16.3. The van der Waals surface area contributed by atoms with Gasteiger partial charge in [-0.2, -0.15) is 0 Å². The predicted molar refractivity (Wildman–Crippen MR) is 58.0 cm³/mol. The number of benzene rings is 1. The maximum absolute atomic E-state index is 10.5. The molecule has 74 valence electrons. The Hall–Kier alpha value is -1.08. The topological polar surface area (TPSA) is 20.2 Å². The van der Waals surface area contributed by atoms with E-state index in [0.29, 0.717) is 0 Å². The van der Waals surface area contributed by atoms with Gasteiger partial charge < -0.3 is 5.11 Å². The number of aryl methyl sites for hydroxylation is 1. The molecule has 2 rings (SSSR count). The molecule has 1 aromatic rings. The van der Waals surface area contributed by atoms with Gasteiger partial charge in [-0.25, -0.2) is 0 Å². The minimum Gasteiger partial charge on any atom is -0.385 e. The quantitative estimate of drug-likeness (QED) is 0.707. The van der Waals surface area contributed by atoms with Gasteiger partial charge >= 0.3 is 0 Å². The lowest BCUT2D eigenvalue weighted by Gasteiger charge is -2.28. The Morgan fingerprint density at radius 1 is 1.50 bits per heavy atom. The largest absolute Gasteiger partial charge is 0.385 e. The van der Waals surface area contributed by atoms with Crippen molar-refractivity contribution in [1.82, 2.24) is 0 Å². The monoisotopic (exact) mass is 188 g/mol. The molecule has 1 aromatic carbocycles. The molecule has 1 nitrogen and oxygen atoms in total. The lowest BCUT2D eigenvalue weighted by atomic mass is 9.84. The van der Waals surface area contributed by atoms with Crippen molar-refractivity contribution in [3.8, 4) is 0 Å². The van der Waals surface area contributed by atoms with Crippen LogP contribution in [0.2, 0.25) is 0 Å². The fourth-order valence-electron chi connectivity index (χ4n) is 2.29. The zero-order chi connectivity index (χ0) is 10.2. The highest BCUT2D eigenvalue weighted by molar-refractivity contribution is 5.38. The molecule has 1 N–H and O–H groups in total. The van der Waals surface area contributed by atoms with Gasteiger partial charge in [-0.1, -0.05) is 37.3 Å². The summed E-state index contributed by atoms with van der Waals surface area (Å²) in [6.45, 7) is 5.79. The molecule has 0 fully saturated rings. The van der Waals surface area contributed by atoms with Crippen molar-refractivity contribution in [1.29, 1.82) is 0 Å². The summed E-state index contributed by atoms with van der Waals surface area (Å²) in [5.41, 5.74) is 1.69. The Kier molecular flexibility index (Phi) is 2.20. The van der Waals surface area contributed by atoms with Crippen molar-refractivity contribution in [3.63, 3.8) is 0 Å². The Bertz CT molecular complexity index is 356. The first kappa shape index (κ1) is 9.47. The van der Waals surface area contributed by atoms with Crippen LogP contribution in [0.15, 0.2) is 36.9 Å². The van der Waals surface area contributed by atoms with E-state index in [1.165, 1.54) is 5.56 Å². The van der Waals surface area contributed by atoms with Crippen molar-refractivity contribution in [3.05, 3.63) is 48.0 Å². The normalized spacial score (nSPS) is 27.0. The Morgan fingerprint density at radius 2 is 2.21 bits per heavy atom. The zero-order valence-electron chi connectivity index (χ0n) is 8.53. The lowest BCUT2D eigenvalue weighted by Crippen LogP contribution is -2.29. The molecule has 0 aliphatic heterocycles. The van der Waals surface area contributed by atoms with Crippen molar-refractivity contribution in [2.75, 3.05) is 0 Å². The van der Waals surface area contributed by atoms with Crippen LogP contribution in [0.4, 0.5) is 0 Å². The standard InChI is InChI=1S/C13H16O/c1-3-10(2)13(14)9-8-11-6-4-5-7-12(11)13/h3-7,10,14H,1,8-9H2,2H3. The van der Waals surface area contributed by atoms with Crippen LogP contribution >= 0.6 is 0 Å². The summed E-state index contributed by atoms with van der Waals surface area (Å²) < 4.78 is 0. The minimum atomic E-state index is -0.682. The summed E-state index contributed by atoms with van der Waals surface area (Å²) >= 11 is 0. The molecule has 1 heteroatoms. The third-order valence-corrected chi connectivity index (χ3v) is 3.37. The summed E-state index contributed by atoms with van der Waals surface area (Å²) in [6.07, 6.45) is 3.63. The summed E-state index contributed by atoms with van der Waals surface area (Å²) in [4.78, 5) is 0. The van der Waals surface area contributed by atoms with Gasteiger partial charge in [0, 0.05) is 5.92 Å². The van der Waals surface area contributed by atoms with E-state index in [4.69, 9.17) is 0 Å². The average molecular weight is 188 g/mol. The van der Waals surface area contributed by atoms with Crippen LogP contribution in [0.3, 0.4) is 0 Å². The second kappa shape index (κ2) is 3.25. The first-order valence-electron chi connectivity index (χ1n) is 5.12. The number of rotatable bonds is 2. The summed E-state index contributed by atoms with van der Waals surface area (Å²) in [7, 11) is 0. The number of fused-ring (bicyclic) bond motifs is 1. The Labute approximate surface area is 85.1 Å². The van der Waals surface area contributed by atoms with Gasteiger partial charge in [-0.05, 0) is 24.0 Å². The van der Waals surface area contributed by atoms with Gasteiger partial charge in [0.25, 0.3) is 0 Å². The van der Waals surface area contributed by atoms with Crippen LogP contribution in [-0.4, -0.2) is 5.11 Å². The summed E-state index contributed by atoms with van der Waals surface area (Å²) in [5.74, 6) is 0.117. The maximum atomic E-state index is 10.5. The van der Waals surface area contributed by atoms with Gasteiger partial charge in [0.1, 0.15) is 0 Å². The van der Waals surface area contributed by atoms with Crippen LogP contribution in [0, 0.1) is 5.92 Å². The minimum absolute atomic E-state index is 0.117. The Morgan fingerprint density at radius 3 is 2.93 bits per heavy atom. The van der Waals surface area contributed by atoms with Crippen LogP contribution in [0.1, 0.15) is 24.5 Å². The predicted octanol–water partition coefficient (Wildman–Crippen LogP) is 2.64. The Balaban J connectivity index is 2.46. The van der Waals surface area contributed by atoms with Crippen LogP contribution in [0.5, 0.6) is 0 Å². The lowest BCUT2D eigenvalue weighted by molar-refractivity contribution is 0.00285. The molecule has 0 saturated carbocycles. The van der Waals surface area contributed by atoms with E-state index in [1.807, 2.05) is 31.2 Å². The van der Waals surface area contributed by atoms with E-state index in [0.717, 1.165) is 18.4 Å². The molecule has 2 unspecified atom stereocenters. The van der Waals surface area contributed by atoms with Gasteiger partial charge in [-0.3, -0.25) is 0 Å². The van der Waals surface area contributed by atoms with Crippen LogP contribution < -0.4 is 0 Å². The second-order valence-corrected chi connectivity index (χ2v) is 4.11. The van der Waals surface area contributed by atoms with E-state index in [1.54, 1.807) is 0 Å². The fraction of sp³-hybridized carbons (Fsp3) is 0.385. The molecule has 1 aliphatic carbocycles. The molecule has 1 aliphatic rings. The maximum Gasteiger partial charge on any atom is 0.0961 e. The molecule has 0 radical (unpaired) electrons. The van der Waals surface area contributed by atoms with Gasteiger partial charge in [0.2, 0.25) is 0 Å². The van der Waals surface area contributed by atoms with Gasteiger partial charge in [0.15, 0.2) is 0 Å². The molecule has 0 bridgehead atoms. The highest BCUT2D eigenvalue weighted by Gasteiger charge is 2.39. The second-order valence-electron chi connectivity index (χ2n) is 4.11. The molecule has 0 spiro atoms. The third kappa shape index (κ3) is 1.20. The first-order valence-corrected chi connectivity index (χ1v) is 5.12. The van der Waals surface area contributed by atoms with E-state index in [9.17, 15) is 5.11 Å². The summed E-state index contributed by atoms with van der Waals surface area (Å²) in [5, 5.41) is 10.5. The van der Waals surface area contributed by atoms with Crippen LogP contribution in [-0.2, 0) is 12.0 Å². The van der Waals surface area contributed by atoms with E-state index in [2.05, 4.69) is 12.6 Å². The highest BCUT2D eigenvalue weighted by Crippen LogP contribution is 2.42. The molecule has 0 aromatic heterocycles. The van der Waals surface area contributed by atoms with Crippen molar-refractivity contribution >= 4 is 0 Å². The molecule has 0 saturated heterocycles. The average Bonchev–Trinajstić information content (AvgIpc) is 2.58. The zero-order valence-corrected chi connectivity index (χ0v) is 8.53. The third-order valence-electron chi connectivity index (χ3n) is 3.37. The summed E-state index contributed by atoms with van der Waals surface area (Å²) in [6, 6.07) is 8.15. The number of aliphatic hydroxyl groups is 1. The van der Waals surface area contributed by atoms with Crippen molar-refractivity contribution < 1.29 is 5.11 Å². The number of hydrogen-bond donors (Lipinski definition) is 1. The molecule has 0 heterocycles. The van der Waals surface area contributed by atoms with E-state index >= 15 is 0 Å². The van der Waals surface area contributed by atoms with E-state index < -0.39 is 5.60 Å². The molecule has 0 amide bonds. The van der Waals surface area contributed by atoms with Crippen LogP contribution in [0.25, 0.3) is 0 Å². The van der Waals surface area contributed by atoms with Crippen molar-refractivity contribution in [2.24, 2.45) is 5.92 Å². The van der Waals surface area contributed by atoms with Crippen molar-refractivity contribution in [2.45, 2.75) is 25.4 Å². The molecular formula is C13H16O. The smallest absolute Gasteiger partial charge is 0.0961 e. The van der Waals surface area contributed by atoms with Gasteiger partial charge in [-0.15, -0.1) is 6.58 Å². The molecular weight excluding hydrogens is 172 g/mol. The van der Waals surface area contributed by atoms with Gasteiger partial charge in [0.05, 0.1) is 5.60 Å². The molecule has 2 atom stereocenters. The SMILES string of the molecule is C=CC(C)C1(O)CCc2ccccc21. The number of hydrogen-bond acceptors (Lipinski definition) is 1. The van der Waals surface area contributed by atoms with E-state index in [-0.39, 0.29) is 5.92 Å². The fourth-order valence-corrected chi connectivity index (χ4v) is 2.29.